The summed E-state index contributed by atoms with van der Waals surface area (Å²) < 4.78 is 10.1. The fourth-order valence-corrected chi connectivity index (χ4v) is 3.08. The minimum atomic E-state index is -1.04. The first-order valence-corrected chi connectivity index (χ1v) is 9.00. The minimum absolute atomic E-state index is 0.0326. The first kappa shape index (κ1) is 21.3. The van der Waals surface area contributed by atoms with Crippen molar-refractivity contribution in [3.05, 3.63) is 28.8 Å². The van der Waals surface area contributed by atoms with E-state index >= 15 is 0 Å². The molecule has 1 aromatic rings. The summed E-state index contributed by atoms with van der Waals surface area (Å²) in [6.07, 6.45) is -0.208. The van der Waals surface area contributed by atoms with E-state index in [1.54, 1.807) is 6.92 Å². The summed E-state index contributed by atoms with van der Waals surface area (Å²) in [6, 6.07) is 2.52. The first-order valence-electron chi connectivity index (χ1n) is 9.00. The maximum absolute atomic E-state index is 12.6. The van der Waals surface area contributed by atoms with Crippen LogP contribution in [0.2, 0.25) is 0 Å². The Morgan fingerprint density at radius 2 is 1.71 bits per heavy atom. The van der Waals surface area contributed by atoms with Gasteiger partial charge in [-0.25, -0.2) is 9.59 Å². The van der Waals surface area contributed by atoms with Crippen molar-refractivity contribution in [3.63, 3.8) is 0 Å². The maximum Gasteiger partial charge on any atom is 0.342 e. The lowest BCUT2D eigenvalue weighted by Gasteiger charge is -2.18. The highest BCUT2D eigenvalue weighted by Crippen LogP contribution is 2.29. The molecule has 0 bridgehead atoms. The largest absolute Gasteiger partial charge is 0.507 e. The maximum atomic E-state index is 12.6. The van der Waals surface area contributed by atoms with Gasteiger partial charge < -0.3 is 14.6 Å². The number of hydrogen-bond donors (Lipinski definition) is 1. The Morgan fingerprint density at radius 3 is 2.36 bits per heavy atom. The van der Waals surface area contributed by atoms with Crippen LogP contribution in [-0.4, -0.2) is 47.6 Å². The number of cyclic esters (lactones) is 1. The highest BCUT2D eigenvalue weighted by Gasteiger charge is 2.27. The van der Waals surface area contributed by atoms with E-state index < -0.39 is 35.4 Å². The van der Waals surface area contributed by atoms with Gasteiger partial charge >= 0.3 is 11.9 Å². The number of benzene rings is 1. The molecule has 0 radical (unpaired) electrons. The molecule has 8 nitrogen and oxygen atoms in total. The summed E-state index contributed by atoms with van der Waals surface area (Å²) in [5, 5.41) is 10.2. The molecule has 1 aliphatic heterocycles. The van der Waals surface area contributed by atoms with Crippen LogP contribution in [0, 0.1) is 0 Å². The van der Waals surface area contributed by atoms with Crippen LogP contribution < -0.4 is 0 Å². The highest BCUT2D eigenvalue weighted by molar-refractivity contribution is 6.63. The number of rotatable bonds is 1. The zero-order chi connectivity index (χ0) is 20.8. The SMILES string of the molecule is COC(=O)c1ccc(O)c2c1CCCC(=O)C(=O)C(=O)CCC[C@H](C)OC2=O. The molecule has 0 saturated heterocycles. The fourth-order valence-electron chi connectivity index (χ4n) is 3.08. The number of Topliss-reactive ketones (excluding diaryl/α,β-unsaturated/α-hetero) is 3. The predicted octanol–water partition coefficient (Wildman–Crippen LogP) is 1.94. The van der Waals surface area contributed by atoms with Crippen LogP contribution in [0.3, 0.4) is 0 Å². The second-order valence-corrected chi connectivity index (χ2v) is 6.61. The number of carbonyl (C=O) groups is 5. The normalized spacial score (nSPS) is 19.4. The summed E-state index contributed by atoms with van der Waals surface area (Å²) in [7, 11) is 1.18. The molecule has 0 saturated carbocycles. The quantitative estimate of drug-likeness (QED) is 0.570. The number of phenolic OH excluding ortho intramolecular Hbond substituents is 1. The molecule has 0 amide bonds. The van der Waals surface area contributed by atoms with Crippen LogP contribution in [0.15, 0.2) is 12.1 Å². The number of hydrogen-bond acceptors (Lipinski definition) is 8. The molecule has 1 aliphatic rings. The summed E-state index contributed by atoms with van der Waals surface area (Å²) >= 11 is 0. The second-order valence-electron chi connectivity index (χ2n) is 6.61. The Morgan fingerprint density at radius 1 is 1.07 bits per heavy atom. The molecule has 0 aliphatic carbocycles. The Labute approximate surface area is 161 Å². The first-order chi connectivity index (χ1) is 13.3. The van der Waals surface area contributed by atoms with E-state index in [-0.39, 0.29) is 54.5 Å². The van der Waals surface area contributed by atoms with Crippen LogP contribution in [0.5, 0.6) is 5.75 Å². The minimum Gasteiger partial charge on any atom is -0.507 e. The van der Waals surface area contributed by atoms with Crippen molar-refractivity contribution in [1.29, 1.82) is 0 Å². The number of ether oxygens (including phenoxy) is 2. The Kier molecular flexibility index (Phi) is 7.03. The zero-order valence-electron chi connectivity index (χ0n) is 15.8. The van der Waals surface area contributed by atoms with Crippen molar-refractivity contribution >= 4 is 29.3 Å². The van der Waals surface area contributed by atoms with E-state index in [9.17, 15) is 29.1 Å². The van der Waals surface area contributed by atoms with Gasteiger partial charge in [-0.05, 0) is 50.3 Å². The third-order valence-corrected chi connectivity index (χ3v) is 4.56. The fraction of sp³-hybridized carbons (Fsp3) is 0.450. The predicted molar refractivity (Wildman–Crippen MR) is 96.1 cm³/mol. The van der Waals surface area contributed by atoms with E-state index in [1.807, 2.05) is 0 Å². The molecular formula is C20H22O8. The molecule has 28 heavy (non-hydrogen) atoms. The lowest BCUT2D eigenvalue weighted by molar-refractivity contribution is -0.144. The Hall–Kier alpha value is -3.03. The molecule has 1 N–H and O–H groups in total. The van der Waals surface area contributed by atoms with Gasteiger partial charge in [-0.2, -0.15) is 0 Å². The molecule has 1 heterocycles. The van der Waals surface area contributed by atoms with Crippen LogP contribution in [0.1, 0.15) is 65.3 Å². The Balaban J connectivity index is 2.46. The number of carbonyl (C=O) groups excluding carboxylic acids is 5. The number of phenols is 1. The van der Waals surface area contributed by atoms with Gasteiger partial charge in [0.1, 0.15) is 11.3 Å². The van der Waals surface area contributed by atoms with Crippen LogP contribution in [-0.2, 0) is 30.3 Å². The van der Waals surface area contributed by atoms with Crippen molar-refractivity contribution in [1.82, 2.24) is 0 Å². The number of aromatic hydroxyl groups is 1. The third-order valence-electron chi connectivity index (χ3n) is 4.56. The molecule has 0 fully saturated rings. The summed E-state index contributed by atoms with van der Waals surface area (Å²) in [4.78, 5) is 60.4. The van der Waals surface area contributed by atoms with Gasteiger partial charge in [-0.3, -0.25) is 14.4 Å². The van der Waals surface area contributed by atoms with Crippen molar-refractivity contribution < 1.29 is 38.6 Å². The highest BCUT2D eigenvalue weighted by atomic mass is 16.5. The molecule has 150 valence electrons. The molecule has 0 aromatic heterocycles. The molecule has 2 rings (SSSR count). The standard InChI is InChI=1S/C20H22O8/c1-11-5-3-7-15(22)18(24)16(23)8-4-6-12-13(19(25)27-2)9-10-14(21)17(12)20(26)28-11/h9-11,21H,3-8H2,1-2H3/t11-/m0/s1. The van der Waals surface area contributed by atoms with E-state index in [0.29, 0.717) is 6.42 Å². The molecular weight excluding hydrogens is 368 g/mol. The van der Waals surface area contributed by atoms with Crippen molar-refractivity contribution in [3.8, 4) is 5.75 Å². The van der Waals surface area contributed by atoms with Crippen molar-refractivity contribution in [2.45, 2.75) is 51.6 Å². The van der Waals surface area contributed by atoms with E-state index in [0.717, 1.165) is 0 Å². The number of ketones is 3. The summed E-state index contributed by atoms with van der Waals surface area (Å²) in [6.45, 7) is 1.61. The second kappa shape index (κ2) is 9.25. The smallest absolute Gasteiger partial charge is 0.342 e. The van der Waals surface area contributed by atoms with Crippen molar-refractivity contribution in [2.75, 3.05) is 7.11 Å². The molecule has 0 unspecified atom stereocenters. The van der Waals surface area contributed by atoms with Gasteiger partial charge in [0.05, 0.1) is 18.8 Å². The monoisotopic (exact) mass is 390 g/mol. The zero-order valence-corrected chi connectivity index (χ0v) is 15.8. The lowest BCUT2D eigenvalue weighted by Crippen LogP contribution is -2.25. The van der Waals surface area contributed by atoms with E-state index in [2.05, 4.69) is 0 Å². The number of methoxy groups -OCH3 is 1. The summed E-state index contributed by atoms with van der Waals surface area (Å²) in [5.74, 6) is -4.48. The molecule has 1 aromatic carbocycles. The Bertz CT molecular complexity index is 824. The van der Waals surface area contributed by atoms with Gasteiger partial charge in [-0.1, -0.05) is 0 Å². The van der Waals surface area contributed by atoms with Crippen LogP contribution in [0.4, 0.5) is 0 Å². The van der Waals surface area contributed by atoms with Crippen LogP contribution in [0.25, 0.3) is 0 Å². The number of fused-ring (bicyclic) bond motifs is 1. The van der Waals surface area contributed by atoms with Crippen LogP contribution >= 0.6 is 0 Å². The topological polar surface area (TPSA) is 124 Å². The van der Waals surface area contributed by atoms with Gasteiger partial charge in [0.2, 0.25) is 11.6 Å². The number of esters is 2. The van der Waals surface area contributed by atoms with E-state index in [4.69, 9.17) is 9.47 Å². The molecule has 8 heteroatoms. The third kappa shape index (κ3) is 4.82. The van der Waals surface area contributed by atoms with Gasteiger partial charge in [-0.15, -0.1) is 0 Å². The van der Waals surface area contributed by atoms with Gasteiger partial charge in [0, 0.05) is 12.8 Å². The van der Waals surface area contributed by atoms with Gasteiger partial charge in [0.25, 0.3) is 5.78 Å². The van der Waals surface area contributed by atoms with E-state index in [1.165, 1.54) is 19.2 Å². The average Bonchev–Trinajstić information content (AvgIpc) is 2.65. The molecule has 0 spiro atoms. The van der Waals surface area contributed by atoms with Gasteiger partial charge in [0.15, 0.2) is 0 Å². The lowest BCUT2D eigenvalue weighted by atomic mass is 9.93. The average molecular weight is 390 g/mol. The van der Waals surface area contributed by atoms with Crippen molar-refractivity contribution in [2.24, 2.45) is 0 Å². The summed E-state index contributed by atoms with van der Waals surface area (Å²) in [5.41, 5.74) is 0.0659. The molecule has 1 atom stereocenters.